The molecule has 6 aromatic rings. The van der Waals surface area contributed by atoms with Crippen LogP contribution in [0.3, 0.4) is 0 Å². The average molecular weight is 494 g/mol. The van der Waals surface area contributed by atoms with Gasteiger partial charge in [-0.15, -0.1) is 10.2 Å². The summed E-state index contributed by atoms with van der Waals surface area (Å²) in [6.45, 7) is 0.559. The van der Waals surface area contributed by atoms with E-state index < -0.39 is 0 Å². The number of fused-ring (bicyclic) bond motifs is 3. The average Bonchev–Trinajstić information content (AvgIpc) is 3.30. The second-order valence-electron chi connectivity index (χ2n) is 8.42. The van der Waals surface area contributed by atoms with Gasteiger partial charge in [-0.05, 0) is 52.2 Å². The molecule has 0 fully saturated rings. The number of thioether (sulfide) groups is 1. The minimum Gasteiger partial charge on any atom is -0.423 e. The van der Waals surface area contributed by atoms with Gasteiger partial charge in [0, 0.05) is 22.8 Å². The fraction of sp³-hybridized carbons (Fsp3) is 0.0690. The van der Waals surface area contributed by atoms with Crippen LogP contribution in [0.1, 0.15) is 11.1 Å². The third-order valence-corrected chi connectivity index (χ3v) is 7.09. The van der Waals surface area contributed by atoms with Crippen molar-refractivity contribution in [2.75, 3.05) is 0 Å². The van der Waals surface area contributed by atoms with Crippen molar-refractivity contribution in [3.8, 4) is 11.4 Å². The van der Waals surface area contributed by atoms with Crippen molar-refractivity contribution < 1.29 is 8.81 Å². The maximum Gasteiger partial charge on any atom is 0.336 e. The Kier molecular flexibility index (Phi) is 5.83. The largest absolute Gasteiger partial charge is 0.423 e. The van der Waals surface area contributed by atoms with Gasteiger partial charge in [0.2, 0.25) is 0 Å². The molecule has 0 aliphatic heterocycles. The summed E-state index contributed by atoms with van der Waals surface area (Å²) >= 11 is 1.50. The van der Waals surface area contributed by atoms with E-state index in [2.05, 4.69) is 10.2 Å². The van der Waals surface area contributed by atoms with Crippen LogP contribution in [0.4, 0.5) is 4.39 Å². The molecule has 36 heavy (non-hydrogen) atoms. The summed E-state index contributed by atoms with van der Waals surface area (Å²) in [6.07, 6.45) is 0. The van der Waals surface area contributed by atoms with Crippen molar-refractivity contribution in [3.63, 3.8) is 0 Å². The van der Waals surface area contributed by atoms with Gasteiger partial charge >= 0.3 is 5.63 Å². The number of nitrogens with zero attached hydrogens (tertiary/aromatic N) is 3. The smallest absolute Gasteiger partial charge is 0.336 e. The number of hydrogen-bond acceptors (Lipinski definition) is 5. The Balaban J connectivity index is 1.41. The van der Waals surface area contributed by atoms with Crippen LogP contribution < -0.4 is 5.63 Å². The summed E-state index contributed by atoms with van der Waals surface area (Å²) in [7, 11) is 0. The molecular formula is C29H20FN3O2S. The van der Waals surface area contributed by atoms with Gasteiger partial charge in [0.15, 0.2) is 11.0 Å². The molecule has 2 heterocycles. The van der Waals surface area contributed by atoms with Gasteiger partial charge in [-0.1, -0.05) is 72.4 Å². The third-order valence-electron chi connectivity index (χ3n) is 6.07. The number of hydrogen-bond donors (Lipinski definition) is 0. The molecule has 0 bridgehead atoms. The third kappa shape index (κ3) is 4.29. The molecule has 0 amide bonds. The molecule has 6 rings (SSSR count). The van der Waals surface area contributed by atoms with Crippen LogP contribution in [0.2, 0.25) is 0 Å². The van der Waals surface area contributed by atoms with E-state index in [1.807, 2.05) is 71.3 Å². The van der Waals surface area contributed by atoms with Crippen molar-refractivity contribution >= 4 is 33.5 Å². The van der Waals surface area contributed by atoms with E-state index in [0.29, 0.717) is 28.9 Å². The highest BCUT2D eigenvalue weighted by Gasteiger charge is 2.17. The van der Waals surface area contributed by atoms with E-state index in [1.165, 1.54) is 23.9 Å². The maximum absolute atomic E-state index is 13.6. The van der Waals surface area contributed by atoms with Crippen molar-refractivity contribution in [1.82, 2.24) is 14.8 Å². The highest BCUT2D eigenvalue weighted by Crippen LogP contribution is 2.32. The number of rotatable bonds is 6. The van der Waals surface area contributed by atoms with E-state index in [-0.39, 0.29) is 11.4 Å². The van der Waals surface area contributed by atoms with Crippen LogP contribution in [0, 0.1) is 5.82 Å². The van der Waals surface area contributed by atoms with Crippen molar-refractivity contribution in [1.29, 1.82) is 0 Å². The normalized spacial score (nSPS) is 11.4. The van der Waals surface area contributed by atoms with Crippen LogP contribution in [0.25, 0.3) is 33.1 Å². The topological polar surface area (TPSA) is 60.9 Å². The Morgan fingerprint density at radius 2 is 1.64 bits per heavy atom. The number of halogens is 1. The van der Waals surface area contributed by atoms with Crippen LogP contribution in [0.5, 0.6) is 0 Å². The predicted molar refractivity (Wildman–Crippen MR) is 141 cm³/mol. The van der Waals surface area contributed by atoms with Gasteiger partial charge in [-0.3, -0.25) is 4.57 Å². The van der Waals surface area contributed by atoms with E-state index >= 15 is 0 Å². The molecule has 2 aromatic heterocycles. The maximum atomic E-state index is 13.6. The summed E-state index contributed by atoms with van der Waals surface area (Å²) in [4.78, 5) is 12.3. The number of aromatic nitrogens is 3. The Morgan fingerprint density at radius 1 is 0.861 bits per heavy atom. The predicted octanol–water partition coefficient (Wildman–Crippen LogP) is 6.68. The first kappa shape index (κ1) is 22.2. The summed E-state index contributed by atoms with van der Waals surface area (Å²) in [5, 5.41) is 12.7. The van der Waals surface area contributed by atoms with Crippen LogP contribution >= 0.6 is 11.8 Å². The molecule has 0 unspecified atom stereocenters. The fourth-order valence-electron chi connectivity index (χ4n) is 4.39. The molecule has 4 aromatic carbocycles. The Hall–Kier alpha value is -4.23. The van der Waals surface area contributed by atoms with Gasteiger partial charge in [0.25, 0.3) is 0 Å². The summed E-state index contributed by atoms with van der Waals surface area (Å²) in [5.41, 5.74) is 2.93. The molecule has 0 spiro atoms. The first-order valence-electron chi connectivity index (χ1n) is 11.5. The fourth-order valence-corrected chi connectivity index (χ4v) is 5.31. The second kappa shape index (κ2) is 9.43. The van der Waals surface area contributed by atoms with Crippen molar-refractivity contribution in [2.24, 2.45) is 0 Å². The zero-order chi connectivity index (χ0) is 24.5. The lowest BCUT2D eigenvalue weighted by Crippen LogP contribution is -2.05. The first-order valence-corrected chi connectivity index (χ1v) is 12.4. The molecule has 7 heteroatoms. The molecular weight excluding hydrogens is 473 g/mol. The SMILES string of the molecule is O=c1cc(CSc2nnc(-c3ccc(F)cc3)n2Cc2ccccc2)c2c(ccc3ccccc32)o1. The van der Waals surface area contributed by atoms with E-state index in [9.17, 15) is 9.18 Å². The number of benzene rings is 4. The lowest BCUT2D eigenvalue weighted by Gasteiger charge is -2.12. The summed E-state index contributed by atoms with van der Waals surface area (Å²) in [5.74, 6) is 0.862. The molecule has 0 N–H and O–H groups in total. The van der Waals surface area contributed by atoms with Gasteiger partial charge < -0.3 is 4.42 Å². The molecule has 176 valence electrons. The standard InChI is InChI=1S/C29H20FN3O2S/c30-23-13-10-21(11-14-23)28-31-32-29(33(28)17-19-6-2-1-3-7-19)36-18-22-16-26(34)35-25-15-12-20-8-4-5-9-24(20)27(22)25/h1-16H,17-18H2. The second-order valence-corrected chi connectivity index (χ2v) is 9.37. The van der Waals surface area contributed by atoms with Gasteiger partial charge in [0.1, 0.15) is 11.4 Å². The molecule has 0 atom stereocenters. The zero-order valence-corrected chi connectivity index (χ0v) is 19.9. The van der Waals surface area contributed by atoms with Gasteiger partial charge in [-0.2, -0.15) is 0 Å². The molecule has 5 nitrogen and oxygen atoms in total. The molecule has 0 radical (unpaired) electrons. The Labute approximate surface area is 210 Å². The van der Waals surface area contributed by atoms with Crippen molar-refractivity contribution in [3.05, 3.63) is 124 Å². The molecule has 0 saturated heterocycles. The van der Waals surface area contributed by atoms with Crippen LogP contribution in [-0.4, -0.2) is 14.8 Å². The first-order chi connectivity index (χ1) is 17.7. The minimum absolute atomic E-state index is 0.301. The van der Waals surface area contributed by atoms with Crippen LogP contribution in [0.15, 0.2) is 111 Å². The van der Waals surface area contributed by atoms with E-state index in [1.54, 1.807) is 18.2 Å². The lowest BCUT2D eigenvalue weighted by atomic mass is 10.0. The summed E-state index contributed by atoms with van der Waals surface area (Å²) in [6, 6.07) is 29.7. The van der Waals surface area contributed by atoms with E-state index in [4.69, 9.17) is 4.42 Å². The van der Waals surface area contributed by atoms with Crippen molar-refractivity contribution in [2.45, 2.75) is 17.5 Å². The minimum atomic E-state index is -0.383. The van der Waals surface area contributed by atoms with Gasteiger partial charge in [-0.25, -0.2) is 9.18 Å². The molecule has 0 saturated carbocycles. The monoisotopic (exact) mass is 493 g/mol. The van der Waals surface area contributed by atoms with E-state index in [0.717, 1.165) is 32.8 Å². The Morgan fingerprint density at radius 3 is 2.47 bits per heavy atom. The lowest BCUT2D eigenvalue weighted by molar-refractivity contribution is 0.560. The zero-order valence-electron chi connectivity index (χ0n) is 19.1. The highest BCUT2D eigenvalue weighted by molar-refractivity contribution is 7.98. The quantitative estimate of drug-likeness (QED) is 0.147. The molecule has 0 aliphatic carbocycles. The highest BCUT2D eigenvalue weighted by atomic mass is 32.2. The molecule has 0 aliphatic rings. The Bertz CT molecular complexity index is 1740. The van der Waals surface area contributed by atoms with Crippen LogP contribution in [-0.2, 0) is 12.3 Å². The summed E-state index contributed by atoms with van der Waals surface area (Å²) < 4.78 is 21.1. The van der Waals surface area contributed by atoms with Gasteiger partial charge in [0.05, 0.1) is 6.54 Å².